The van der Waals surface area contributed by atoms with Crippen LogP contribution in [0.4, 0.5) is 11.5 Å². The highest BCUT2D eigenvalue weighted by Gasteiger charge is 2.11. The number of benzene rings is 1. The van der Waals surface area contributed by atoms with Crippen LogP contribution in [-0.4, -0.2) is 29.2 Å². The summed E-state index contributed by atoms with van der Waals surface area (Å²) in [5.41, 5.74) is 1.43. The van der Waals surface area contributed by atoms with Gasteiger partial charge in [-0.3, -0.25) is 4.98 Å². The molecule has 0 aliphatic rings. The fraction of sp³-hybridized carbons (Fsp3) is 0.231. The van der Waals surface area contributed by atoms with Crippen molar-refractivity contribution in [1.29, 1.82) is 0 Å². The van der Waals surface area contributed by atoms with Crippen molar-refractivity contribution in [3.63, 3.8) is 0 Å². The third kappa shape index (κ3) is 2.41. The summed E-state index contributed by atoms with van der Waals surface area (Å²) >= 11 is 0. The SMILES string of the molecule is COc1ccccc1N(C)c1cncc(CO)n1. The molecule has 94 valence electrons. The standard InChI is InChI=1S/C13H15N3O2/c1-16(11-5-3-4-6-12(11)18-2)13-8-14-7-10(9-17)15-13/h3-8,17H,9H2,1-2H3. The van der Waals surface area contributed by atoms with E-state index in [-0.39, 0.29) is 6.61 Å². The Morgan fingerprint density at radius 2 is 2.06 bits per heavy atom. The summed E-state index contributed by atoms with van der Waals surface area (Å²) in [6.07, 6.45) is 3.19. The number of methoxy groups -OCH3 is 1. The van der Waals surface area contributed by atoms with Gasteiger partial charge in [0.05, 0.1) is 37.5 Å². The number of nitrogens with zero attached hydrogens (tertiary/aromatic N) is 3. The molecule has 0 unspecified atom stereocenters. The second-order valence-electron chi connectivity index (χ2n) is 3.76. The number of hydrogen-bond acceptors (Lipinski definition) is 5. The molecular formula is C13H15N3O2. The largest absolute Gasteiger partial charge is 0.495 e. The first-order chi connectivity index (χ1) is 8.76. The van der Waals surface area contributed by atoms with Gasteiger partial charge in [-0.05, 0) is 12.1 Å². The first kappa shape index (κ1) is 12.3. The Morgan fingerprint density at radius 1 is 1.28 bits per heavy atom. The molecule has 0 radical (unpaired) electrons. The van der Waals surface area contributed by atoms with E-state index in [0.29, 0.717) is 11.5 Å². The molecule has 1 N–H and O–H groups in total. The number of aliphatic hydroxyl groups is 1. The van der Waals surface area contributed by atoms with Crippen LogP contribution in [0.2, 0.25) is 0 Å². The summed E-state index contributed by atoms with van der Waals surface area (Å²) in [4.78, 5) is 10.2. The fourth-order valence-electron chi connectivity index (χ4n) is 1.66. The normalized spacial score (nSPS) is 10.2. The van der Waals surface area contributed by atoms with Gasteiger partial charge in [0.1, 0.15) is 5.75 Å². The van der Waals surface area contributed by atoms with Crippen molar-refractivity contribution in [3.05, 3.63) is 42.4 Å². The number of para-hydroxylation sites is 2. The van der Waals surface area contributed by atoms with E-state index >= 15 is 0 Å². The summed E-state index contributed by atoms with van der Waals surface area (Å²) in [6.45, 7) is -0.124. The summed E-state index contributed by atoms with van der Waals surface area (Å²) in [5.74, 6) is 1.42. The highest BCUT2D eigenvalue weighted by molar-refractivity contribution is 5.65. The van der Waals surface area contributed by atoms with Crippen LogP contribution in [-0.2, 0) is 6.61 Å². The summed E-state index contributed by atoms with van der Waals surface area (Å²) < 4.78 is 5.31. The zero-order valence-electron chi connectivity index (χ0n) is 10.4. The average Bonchev–Trinajstić information content (AvgIpc) is 2.46. The minimum Gasteiger partial charge on any atom is -0.495 e. The summed E-state index contributed by atoms with van der Waals surface area (Å²) in [6, 6.07) is 7.66. The van der Waals surface area contributed by atoms with Gasteiger partial charge in [-0.25, -0.2) is 4.98 Å². The van der Waals surface area contributed by atoms with E-state index in [1.54, 1.807) is 19.5 Å². The molecule has 0 spiro atoms. The molecule has 0 amide bonds. The predicted molar refractivity (Wildman–Crippen MR) is 69.0 cm³/mol. The van der Waals surface area contributed by atoms with Crippen LogP contribution >= 0.6 is 0 Å². The number of anilines is 2. The Kier molecular flexibility index (Phi) is 3.74. The Hall–Kier alpha value is -2.14. The molecule has 1 aromatic heterocycles. The van der Waals surface area contributed by atoms with Gasteiger partial charge >= 0.3 is 0 Å². The molecule has 0 fully saturated rings. The molecule has 18 heavy (non-hydrogen) atoms. The van der Waals surface area contributed by atoms with E-state index in [9.17, 15) is 0 Å². The van der Waals surface area contributed by atoms with Gasteiger partial charge in [-0.15, -0.1) is 0 Å². The van der Waals surface area contributed by atoms with Crippen LogP contribution < -0.4 is 9.64 Å². The maximum absolute atomic E-state index is 9.07. The molecule has 0 atom stereocenters. The lowest BCUT2D eigenvalue weighted by Crippen LogP contribution is -2.13. The zero-order chi connectivity index (χ0) is 13.0. The summed E-state index contributed by atoms with van der Waals surface area (Å²) in [7, 11) is 3.51. The van der Waals surface area contributed by atoms with Crippen LogP contribution in [0.5, 0.6) is 5.75 Å². The average molecular weight is 245 g/mol. The molecule has 0 bridgehead atoms. The third-order valence-electron chi connectivity index (χ3n) is 2.62. The lowest BCUT2D eigenvalue weighted by atomic mass is 10.2. The van der Waals surface area contributed by atoms with Crippen LogP contribution in [0.1, 0.15) is 5.69 Å². The highest BCUT2D eigenvalue weighted by Crippen LogP contribution is 2.30. The number of ether oxygens (including phenoxy) is 1. The molecule has 5 nitrogen and oxygen atoms in total. The van der Waals surface area contributed by atoms with Crippen molar-refractivity contribution in [2.24, 2.45) is 0 Å². The minimum absolute atomic E-state index is 0.124. The molecule has 2 aromatic rings. The molecule has 0 aliphatic carbocycles. The third-order valence-corrected chi connectivity index (χ3v) is 2.62. The van der Waals surface area contributed by atoms with Crippen molar-refractivity contribution < 1.29 is 9.84 Å². The van der Waals surface area contributed by atoms with E-state index in [2.05, 4.69) is 9.97 Å². The Balaban J connectivity index is 2.37. The van der Waals surface area contributed by atoms with E-state index in [1.807, 2.05) is 36.2 Å². The quantitative estimate of drug-likeness (QED) is 0.889. The molecule has 0 aliphatic heterocycles. The lowest BCUT2D eigenvalue weighted by Gasteiger charge is -2.20. The molecule has 5 heteroatoms. The van der Waals surface area contributed by atoms with Crippen molar-refractivity contribution in [2.75, 3.05) is 19.1 Å². The van der Waals surface area contributed by atoms with Gasteiger partial charge in [0, 0.05) is 7.05 Å². The second kappa shape index (κ2) is 5.46. The van der Waals surface area contributed by atoms with Gasteiger partial charge in [0.25, 0.3) is 0 Å². The summed E-state index contributed by atoms with van der Waals surface area (Å²) in [5, 5.41) is 9.07. The van der Waals surface area contributed by atoms with Gasteiger partial charge in [-0.1, -0.05) is 12.1 Å². The first-order valence-corrected chi connectivity index (χ1v) is 5.54. The van der Waals surface area contributed by atoms with Crippen molar-refractivity contribution in [3.8, 4) is 5.75 Å². The van der Waals surface area contributed by atoms with Crippen LogP contribution in [0.15, 0.2) is 36.7 Å². The number of aromatic nitrogens is 2. The maximum Gasteiger partial charge on any atom is 0.151 e. The van der Waals surface area contributed by atoms with E-state index in [4.69, 9.17) is 9.84 Å². The van der Waals surface area contributed by atoms with E-state index < -0.39 is 0 Å². The van der Waals surface area contributed by atoms with Crippen LogP contribution in [0.25, 0.3) is 0 Å². The molecular weight excluding hydrogens is 230 g/mol. The van der Waals surface area contributed by atoms with E-state index in [1.165, 1.54) is 0 Å². The molecule has 0 saturated heterocycles. The zero-order valence-corrected chi connectivity index (χ0v) is 10.4. The highest BCUT2D eigenvalue weighted by atomic mass is 16.5. The Labute approximate surface area is 106 Å². The van der Waals surface area contributed by atoms with Crippen LogP contribution in [0, 0.1) is 0 Å². The molecule has 2 rings (SSSR count). The van der Waals surface area contributed by atoms with Gasteiger partial charge in [-0.2, -0.15) is 0 Å². The molecule has 1 aromatic carbocycles. The van der Waals surface area contributed by atoms with Crippen molar-refractivity contribution in [2.45, 2.75) is 6.61 Å². The smallest absolute Gasteiger partial charge is 0.151 e. The van der Waals surface area contributed by atoms with Crippen LogP contribution in [0.3, 0.4) is 0 Å². The predicted octanol–water partition coefficient (Wildman–Crippen LogP) is 1.75. The lowest BCUT2D eigenvalue weighted by molar-refractivity contribution is 0.276. The topological polar surface area (TPSA) is 58.5 Å². The fourth-order valence-corrected chi connectivity index (χ4v) is 1.66. The number of rotatable bonds is 4. The van der Waals surface area contributed by atoms with Gasteiger partial charge < -0.3 is 14.7 Å². The first-order valence-electron chi connectivity index (χ1n) is 5.54. The van der Waals surface area contributed by atoms with Gasteiger partial charge in [0.2, 0.25) is 0 Å². The van der Waals surface area contributed by atoms with Crippen molar-refractivity contribution >= 4 is 11.5 Å². The van der Waals surface area contributed by atoms with E-state index in [0.717, 1.165) is 11.4 Å². The molecule has 0 saturated carbocycles. The minimum atomic E-state index is -0.124. The Morgan fingerprint density at radius 3 is 2.78 bits per heavy atom. The number of hydrogen-bond donors (Lipinski definition) is 1. The molecule has 1 heterocycles. The van der Waals surface area contributed by atoms with Crippen molar-refractivity contribution in [1.82, 2.24) is 9.97 Å². The van der Waals surface area contributed by atoms with Gasteiger partial charge in [0.15, 0.2) is 5.82 Å². The Bertz CT molecular complexity index is 531. The maximum atomic E-state index is 9.07. The number of aliphatic hydroxyl groups excluding tert-OH is 1. The second-order valence-corrected chi connectivity index (χ2v) is 3.76. The monoisotopic (exact) mass is 245 g/mol.